The molecule has 1 saturated heterocycles. The van der Waals surface area contributed by atoms with Crippen molar-refractivity contribution in [3.63, 3.8) is 0 Å². The smallest absolute Gasteiger partial charge is 0.298 e. The van der Waals surface area contributed by atoms with E-state index >= 15 is 0 Å². The van der Waals surface area contributed by atoms with E-state index in [0.29, 0.717) is 19.8 Å². The van der Waals surface area contributed by atoms with Crippen LogP contribution in [0, 0.1) is 0 Å². The molecule has 27 heavy (non-hydrogen) atoms. The SMILES string of the molecule is COc1ccc([C@H]2CC(c3cccs3)=NN2C(=O)C[NH+]2CCOCC2)cc1. The van der Waals surface area contributed by atoms with E-state index in [1.54, 1.807) is 23.5 Å². The number of nitrogens with zero attached hydrogens (tertiary/aromatic N) is 2. The number of methoxy groups -OCH3 is 1. The Labute approximate surface area is 163 Å². The number of ether oxygens (including phenoxy) is 2. The maximum atomic E-state index is 13.1. The highest BCUT2D eigenvalue weighted by Crippen LogP contribution is 2.34. The normalized spacial score (nSPS) is 20.6. The van der Waals surface area contributed by atoms with Crippen molar-refractivity contribution in [2.75, 3.05) is 40.0 Å². The van der Waals surface area contributed by atoms with Gasteiger partial charge in [-0.25, -0.2) is 5.01 Å². The molecule has 3 heterocycles. The molecule has 4 rings (SSSR count). The fourth-order valence-corrected chi connectivity index (χ4v) is 4.27. The Morgan fingerprint density at radius 3 is 2.74 bits per heavy atom. The Balaban J connectivity index is 1.57. The molecular formula is C20H24N3O3S+. The number of nitrogens with one attached hydrogen (secondary N) is 1. The summed E-state index contributed by atoms with van der Waals surface area (Å²) in [5, 5.41) is 8.47. The van der Waals surface area contributed by atoms with Crippen molar-refractivity contribution in [3.05, 3.63) is 52.2 Å². The molecule has 6 nitrogen and oxygen atoms in total. The van der Waals surface area contributed by atoms with Crippen molar-refractivity contribution in [2.45, 2.75) is 12.5 Å². The highest BCUT2D eigenvalue weighted by atomic mass is 32.1. The molecule has 0 unspecified atom stereocenters. The number of hydrazone groups is 1. The number of carbonyl (C=O) groups excluding carboxylic acids is 1. The fraction of sp³-hybridized carbons (Fsp3) is 0.400. The van der Waals surface area contributed by atoms with Gasteiger partial charge in [0.15, 0.2) is 6.54 Å². The van der Waals surface area contributed by atoms with Gasteiger partial charge in [0.1, 0.15) is 18.8 Å². The minimum absolute atomic E-state index is 0.0686. The monoisotopic (exact) mass is 386 g/mol. The van der Waals surface area contributed by atoms with Crippen LogP contribution in [0.4, 0.5) is 0 Å². The minimum atomic E-state index is -0.0686. The number of carbonyl (C=O) groups is 1. The Hall–Kier alpha value is -2.22. The zero-order chi connectivity index (χ0) is 18.6. The number of hydrogen-bond acceptors (Lipinski definition) is 5. The van der Waals surface area contributed by atoms with Crippen LogP contribution in [0.5, 0.6) is 5.75 Å². The van der Waals surface area contributed by atoms with Crippen LogP contribution < -0.4 is 9.64 Å². The van der Waals surface area contributed by atoms with Gasteiger partial charge in [-0.3, -0.25) is 4.79 Å². The zero-order valence-electron chi connectivity index (χ0n) is 15.4. The highest BCUT2D eigenvalue weighted by Gasteiger charge is 2.35. The third-order valence-electron chi connectivity index (χ3n) is 5.07. The fourth-order valence-electron chi connectivity index (χ4n) is 3.55. The van der Waals surface area contributed by atoms with Crippen LogP contribution in [0.25, 0.3) is 0 Å². The lowest BCUT2D eigenvalue weighted by atomic mass is 10.0. The van der Waals surface area contributed by atoms with Gasteiger partial charge < -0.3 is 14.4 Å². The van der Waals surface area contributed by atoms with Crippen LogP contribution in [0.15, 0.2) is 46.9 Å². The number of amides is 1. The van der Waals surface area contributed by atoms with Crippen LogP contribution in [0.3, 0.4) is 0 Å². The summed E-state index contributed by atoms with van der Waals surface area (Å²) in [5.74, 6) is 0.881. The van der Waals surface area contributed by atoms with Gasteiger partial charge in [-0.1, -0.05) is 18.2 Å². The molecule has 0 spiro atoms. The summed E-state index contributed by atoms with van der Waals surface area (Å²) >= 11 is 1.66. The molecular weight excluding hydrogens is 362 g/mol. The molecule has 142 valence electrons. The number of morpholine rings is 1. The van der Waals surface area contributed by atoms with E-state index in [-0.39, 0.29) is 11.9 Å². The molecule has 7 heteroatoms. The van der Waals surface area contributed by atoms with E-state index in [2.05, 4.69) is 6.07 Å². The van der Waals surface area contributed by atoms with E-state index in [4.69, 9.17) is 14.6 Å². The quantitative estimate of drug-likeness (QED) is 0.844. The first-order valence-corrected chi connectivity index (χ1v) is 10.1. The Kier molecular flexibility index (Phi) is 5.52. The number of quaternary nitrogens is 1. The second-order valence-corrected chi connectivity index (χ2v) is 7.74. The average molecular weight is 386 g/mol. The molecule has 1 fully saturated rings. The van der Waals surface area contributed by atoms with E-state index in [9.17, 15) is 4.79 Å². The van der Waals surface area contributed by atoms with Gasteiger partial charge >= 0.3 is 0 Å². The molecule has 2 aliphatic rings. The van der Waals surface area contributed by atoms with E-state index in [1.807, 2.05) is 35.7 Å². The molecule has 2 aliphatic heterocycles. The molecule has 1 N–H and O–H groups in total. The molecule has 0 bridgehead atoms. The topological polar surface area (TPSA) is 55.6 Å². The summed E-state index contributed by atoms with van der Waals surface area (Å²) in [7, 11) is 1.66. The summed E-state index contributed by atoms with van der Waals surface area (Å²) in [5.41, 5.74) is 2.06. The first-order chi connectivity index (χ1) is 13.2. The Bertz CT molecular complexity index is 798. The second-order valence-electron chi connectivity index (χ2n) is 6.79. The van der Waals surface area contributed by atoms with E-state index in [0.717, 1.165) is 41.4 Å². The van der Waals surface area contributed by atoms with Gasteiger partial charge in [-0.2, -0.15) is 5.10 Å². The Morgan fingerprint density at radius 1 is 1.30 bits per heavy atom. The first kappa shape index (κ1) is 18.2. The van der Waals surface area contributed by atoms with Gasteiger partial charge in [-0.05, 0) is 29.1 Å². The van der Waals surface area contributed by atoms with Crippen molar-refractivity contribution in [1.82, 2.24) is 5.01 Å². The number of benzene rings is 1. The molecule has 1 aromatic carbocycles. The maximum absolute atomic E-state index is 13.1. The molecule has 1 atom stereocenters. The average Bonchev–Trinajstić information content (AvgIpc) is 3.39. The third kappa shape index (κ3) is 4.05. The zero-order valence-corrected chi connectivity index (χ0v) is 16.2. The predicted octanol–water partition coefficient (Wildman–Crippen LogP) is 1.35. The van der Waals surface area contributed by atoms with Gasteiger partial charge in [-0.15, -0.1) is 11.3 Å². The largest absolute Gasteiger partial charge is 0.497 e. The second kappa shape index (κ2) is 8.21. The molecule has 0 saturated carbocycles. The minimum Gasteiger partial charge on any atom is -0.497 e. The number of hydrogen-bond donors (Lipinski definition) is 1. The van der Waals surface area contributed by atoms with Crippen molar-refractivity contribution < 1.29 is 19.2 Å². The standard InChI is InChI=1S/C20H23N3O3S/c1-25-16-6-4-15(5-7-16)18-13-17(19-3-2-12-27-19)21-23(18)20(24)14-22-8-10-26-11-9-22/h2-7,12,18H,8-11,13-14H2,1H3/p+1/t18-/m1/s1. The van der Waals surface area contributed by atoms with Crippen molar-refractivity contribution in [1.29, 1.82) is 0 Å². The van der Waals surface area contributed by atoms with Crippen LogP contribution in [-0.2, 0) is 9.53 Å². The molecule has 2 aromatic rings. The lowest BCUT2D eigenvalue weighted by Gasteiger charge is -2.27. The summed E-state index contributed by atoms with van der Waals surface area (Å²) in [6, 6.07) is 11.9. The summed E-state index contributed by atoms with van der Waals surface area (Å²) in [6.45, 7) is 3.63. The molecule has 0 radical (unpaired) electrons. The van der Waals surface area contributed by atoms with Crippen LogP contribution in [0.1, 0.15) is 22.9 Å². The molecule has 1 aromatic heterocycles. The van der Waals surface area contributed by atoms with Gasteiger partial charge in [0.05, 0.1) is 37.0 Å². The highest BCUT2D eigenvalue weighted by molar-refractivity contribution is 7.12. The van der Waals surface area contributed by atoms with Crippen molar-refractivity contribution in [2.24, 2.45) is 5.10 Å². The Morgan fingerprint density at radius 2 is 2.07 bits per heavy atom. The maximum Gasteiger partial charge on any atom is 0.298 e. The van der Waals surface area contributed by atoms with Crippen LogP contribution in [0.2, 0.25) is 0 Å². The molecule has 0 aliphatic carbocycles. The lowest BCUT2D eigenvalue weighted by molar-refractivity contribution is -0.900. The number of rotatable bonds is 5. The lowest BCUT2D eigenvalue weighted by Crippen LogP contribution is -3.15. The number of thiophene rings is 1. The predicted molar refractivity (Wildman–Crippen MR) is 104 cm³/mol. The molecule has 1 amide bonds. The van der Waals surface area contributed by atoms with Gasteiger partial charge in [0, 0.05) is 6.42 Å². The van der Waals surface area contributed by atoms with Crippen LogP contribution >= 0.6 is 11.3 Å². The first-order valence-electron chi connectivity index (χ1n) is 9.23. The summed E-state index contributed by atoms with van der Waals surface area (Å²) in [6.07, 6.45) is 0.733. The van der Waals surface area contributed by atoms with E-state index in [1.165, 1.54) is 4.90 Å². The summed E-state index contributed by atoms with van der Waals surface area (Å²) < 4.78 is 10.7. The summed E-state index contributed by atoms with van der Waals surface area (Å²) in [4.78, 5) is 15.5. The van der Waals surface area contributed by atoms with E-state index < -0.39 is 0 Å². The van der Waals surface area contributed by atoms with Crippen LogP contribution in [-0.4, -0.2) is 56.6 Å². The van der Waals surface area contributed by atoms with Crippen molar-refractivity contribution in [3.8, 4) is 5.75 Å². The third-order valence-corrected chi connectivity index (χ3v) is 5.99. The van der Waals surface area contributed by atoms with Crippen molar-refractivity contribution >= 4 is 23.0 Å². The van der Waals surface area contributed by atoms with Gasteiger partial charge in [0.2, 0.25) is 0 Å². The van der Waals surface area contributed by atoms with Gasteiger partial charge in [0.25, 0.3) is 5.91 Å².